The minimum atomic E-state index is -0.940. The number of carboxylic acid groups (broad SMARTS) is 1. The van der Waals surface area contributed by atoms with Gasteiger partial charge < -0.3 is 10.4 Å². The normalized spacial score (nSPS) is 10.5. The summed E-state index contributed by atoms with van der Waals surface area (Å²) in [5, 5.41) is 15.0. The molecule has 0 aliphatic heterocycles. The largest absolute Gasteiger partial charge is 0.481 e. The molecule has 1 aromatic heterocycles. The highest BCUT2D eigenvalue weighted by molar-refractivity contribution is 7.99. The first-order chi connectivity index (χ1) is 11.9. The molecule has 0 radical (unpaired) electrons. The van der Waals surface area contributed by atoms with Crippen LogP contribution in [0.3, 0.4) is 0 Å². The zero-order valence-corrected chi connectivity index (χ0v) is 14.2. The molecule has 25 heavy (non-hydrogen) atoms. The molecule has 0 saturated heterocycles. The van der Waals surface area contributed by atoms with Crippen molar-refractivity contribution in [2.45, 2.75) is 6.92 Å². The lowest BCUT2D eigenvalue weighted by Crippen LogP contribution is -2.33. The van der Waals surface area contributed by atoms with E-state index in [4.69, 9.17) is 5.11 Å². The third kappa shape index (κ3) is 4.90. The van der Waals surface area contributed by atoms with Crippen molar-refractivity contribution >= 4 is 23.6 Å². The summed E-state index contributed by atoms with van der Waals surface area (Å²) in [6.45, 7) is 1.77. The molecule has 0 bridgehead atoms. The quantitative estimate of drug-likeness (QED) is 0.716. The molecular formula is C16H16FN3O4S. The third-order valence-electron chi connectivity index (χ3n) is 3.16. The number of aryl methyl sites for hydroxylation is 1. The fourth-order valence-corrected chi connectivity index (χ4v) is 2.62. The van der Waals surface area contributed by atoms with E-state index in [2.05, 4.69) is 10.4 Å². The van der Waals surface area contributed by atoms with E-state index < -0.39 is 23.1 Å². The molecular weight excluding hydrogens is 349 g/mol. The number of para-hydroxylation sites is 1. The highest BCUT2D eigenvalue weighted by atomic mass is 32.2. The Morgan fingerprint density at radius 3 is 2.76 bits per heavy atom. The maximum Gasteiger partial charge on any atom is 0.313 e. The molecule has 0 aliphatic carbocycles. The van der Waals surface area contributed by atoms with Crippen molar-refractivity contribution < 1.29 is 19.1 Å². The Balaban J connectivity index is 2.17. The van der Waals surface area contributed by atoms with Gasteiger partial charge in [-0.15, -0.1) is 11.8 Å². The van der Waals surface area contributed by atoms with Gasteiger partial charge in [-0.05, 0) is 19.1 Å². The smallest absolute Gasteiger partial charge is 0.313 e. The van der Waals surface area contributed by atoms with Crippen LogP contribution in [0.5, 0.6) is 0 Å². The van der Waals surface area contributed by atoms with Crippen molar-refractivity contribution in [1.29, 1.82) is 0 Å². The molecule has 2 aromatic rings. The first kappa shape index (κ1) is 18.7. The van der Waals surface area contributed by atoms with E-state index in [1.165, 1.54) is 28.9 Å². The van der Waals surface area contributed by atoms with Gasteiger partial charge in [0.1, 0.15) is 11.5 Å². The number of hydrogen-bond acceptors (Lipinski definition) is 5. The highest BCUT2D eigenvalue weighted by Crippen LogP contribution is 2.13. The summed E-state index contributed by atoms with van der Waals surface area (Å²) >= 11 is 1.14. The topological polar surface area (TPSA) is 101 Å². The van der Waals surface area contributed by atoms with E-state index in [1.54, 1.807) is 13.0 Å². The van der Waals surface area contributed by atoms with E-state index >= 15 is 0 Å². The Morgan fingerprint density at radius 2 is 2.08 bits per heavy atom. The molecule has 9 heteroatoms. The number of rotatable bonds is 7. The van der Waals surface area contributed by atoms with Gasteiger partial charge in [-0.1, -0.05) is 12.1 Å². The Kier molecular flexibility index (Phi) is 6.29. The Bertz CT molecular complexity index is 854. The van der Waals surface area contributed by atoms with Crippen LogP contribution in [0, 0.1) is 12.7 Å². The summed E-state index contributed by atoms with van der Waals surface area (Å²) in [5.41, 5.74) is -0.396. The van der Waals surface area contributed by atoms with Crippen LogP contribution in [0.15, 0.2) is 35.1 Å². The van der Waals surface area contributed by atoms with Crippen LogP contribution >= 0.6 is 11.8 Å². The third-order valence-corrected chi connectivity index (χ3v) is 4.10. The number of hydrogen-bond donors (Lipinski definition) is 2. The number of carboxylic acids is 1. The van der Waals surface area contributed by atoms with Crippen LogP contribution in [0.4, 0.5) is 4.39 Å². The number of benzene rings is 1. The Morgan fingerprint density at radius 1 is 1.36 bits per heavy atom. The Labute approximate surface area is 146 Å². The van der Waals surface area contributed by atoms with Crippen LogP contribution in [-0.4, -0.2) is 44.8 Å². The van der Waals surface area contributed by atoms with Crippen molar-refractivity contribution in [3.63, 3.8) is 0 Å². The number of amides is 1. The van der Waals surface area contributed by atoms with Crippen molar-refractivity contribution in [2.75, 3.05) is 18.1 Å². The number of nitrogens with zero attached hydrogens (tertiary/aromatic N) is 2. The number of carbonyl (C=O) groups excluding carboxylic acids is 1. The second-order valence-corrected chi connectivity index (χ2v) is 6.17. The molecule has 1 heterocycles. The van der Waals surface area contributed by atoms with Gasteiger partial charge in [0.2, 0.25) is 5.43 Å². The van der Waals surface area contributed by atoms with Crippen LogP contribution in [0.2, 0.25) is 0 Å². The average Bonchev–Trinajstić information content (AvgIpc) is 2.55. The molecule has 2 rings (SSSR count). The standard InChI is InChI=1S/C16H16FN3O4S/c1-10-8-13(21)15(16(24)18-6-7-25-9-14(22)23)19-20(10)12-5-3-2-4-11(12)17/h2-5,8H,6-7,9H2,1H3,(H,18,24)(H,22,23). The molecule has 0 aliphatic rings. The fraction of sp³-hybridized carbons (Fsp3) is 0.250. The Hall–Kier alpha value is -2.68. The van der Waals surface area contributed by atoms with Gasteiger partial charge in [-0.25, -0.2) is 9.07 Å². The summed E-state index contributed by atoms with van der Waals surface area (Å²) in [6, 6.07) is 7.11. The molecule has 1 aromatic carbocycles. The molecule has 7 nitrogen and oxygen atoms in total. The van der Waals surface area contributed by atoms with Crippen LogP contribution in [-0.2, 0) is 4.79 Å². The van der Waals surface area contributed by atoms with Gasteiger partial charge in [0.05, 0.1) is 5.75 Å². The monoisotopic (exact) mass is 365 g/mol. The molecule has 132 valence electrons. The summed E-state index contributed by atoms with van der Waals surface area (Å²) in [4.78, 5) is 34.6. The maximum absolute atomic E-state index is 14.0. The first-order valence-corrected chi connectivity index (χ1v) is 8.49. The van der Waals surface area contributed by atoms with Gasteiger partial charge in [0.15, 0.2) is 5.69 Å². The van der Waals surface area contributed by atoms with Gasteiger partial charge in [-0.2, -0.15) is 5.10 Å². The lowest BCUT2D eigenvalue weighted by atomic mass is 10.2. The summed E-state index contributed by atoms with van der Waals surface area (Å²) in [7, 11) is 0. The lowest BCUT2D eigenvalue weighted by molar-refractivity contribution is -0.133. The molecule has 1 amide bonds. The zero-order chi connectivity index (χ0) is 18.4. The van der Waals surface area contributed by atoms with E-state index in [9.17, 15) is 18.8 Å². The van der Waals surface area contributed by atoms with Crippen molar-refractivity contribution in [3.8, 4) is 5.69 Å². The van der Waals surface area contributed by atoms with Crippen molar-refractivity contribution in [3.05, 3.63) is 57.8 Å². The minimum Gasteiger partial charge on any atom is -0.481 e. The van der Waals surface area contributed by atoms with E-state index in [0.29, 0.717) is 11.4 Å². The molecule has 0 atom stereocenters. The molecule has 2 N–H and O–H groups in total. The predicted molar refractivity (Wildman–Crippen MR) is 91.8 cm³/mol. The summed E-state index contributed by atoms with van der Waals surface area (Å²) in [6.07, 6.45) is 0. The number of nitrogens with one attached hydrogen (secondary N) is 1. The second kappa shape index (κ2) is 8.43. The zero-order valence-electron chi connectivity index (χ0n) is 13.4. The van der Waals surface area contributed by atoms with Crippen molar-refractivity contribution in [2.24, 2.45) is 0 Å². The van der Waals surface area contributed by atoms with E-state index in [1.807, 2.05) is 0 Å². The first-order valence-electron chi connectivity index (χ1n) is 7.33. The van der Waals surface area contributed by atoms with Crippen LogP contribution in [0.1, 0.15) is 16.2 Å². The summed E-state index contributed by atoms with van der Waals surface area (Å²) < 4.78 is 15.2. The number of halogens is 1. The number of aromatic nitrogens is 2. The lowest BCUT2D eigenvalue weighted by Gasteiger charge is -2.12. The van der Waals surface area contributed by atoms with Gasteiger partial charge >= 0.3 is 5.97 Å². The van der Waals surface area contributed by atoms with Gasteiger partial charge in [-0.3, -0.25) is 14.4 Å². The SMILES string of the molecule is Cc1cc(=O)c(C(=O)NCCSCC(=O)O)nn1-c1ccccc1F. The minimum absolute atomic E-state index is 0.0707. The van der Waals surface area contributed by atoms with Crippen molar-refractivity contribution in [1.82, 2.24) is 15.1 Å². The number of thioether (sulfide) groups is 1. The van der Waals surface area contributed by atoms with E-state index in [-0.39, 0.29) is 23.7 Å². The van der Waals surface area contributed by atoms with Gasteiger partial charge in [0.25, 0.3) is 5.91 Å². The number of aliphatic carboxylic acids is 1. The highest BCUT2D eigenvalue weighted by Gasteiger charge is 2.16. The fourth-order valence-electron chi connectivity index (χ4n) is 2.05. The predicted octanol–water partition coefficient (Wildman–Crippen LogP) is 1.23. The molecule has 0 fully saturated rings. The van der Waals surface area contributed by atoms with E-state index in [0.717, 1.165) is 11.8 Å². The van der Waals surface area contributed by atoms with Gasteiger partial charge in [0, 0.05) is 24.1 Å². The molecule has 0 saturated carbocycles. The average molecular weight is 365 g/mol. The van der Waals surface area contributed by atoms with Crippen LogP contribution in [0.25, 0.3) is 5.69 Å². The summed E-state index contributed by atoms with van der Waals surface area (Å²) in [5.74, 6) is -1.85. The maximum atomic E-state index is 14.0. The number of carbonyl (C=O) groups is 2. The van der Waals surface area contributed by atoms with Crippen LogP contribution < -0.4 is 10.7 Å². The second-order valence-electron chi connectivity index (χ2n) is 5.06. The molecule has 0 unspecified atom stereocenters. The molecule has 0 spiro atoms.